The van der Waals surface area contributed by atoms with Gasteiger partial charge in [-0.15, -0.1) is 0 Å². The second-order valence-corrected chi connectivity index (χ2v) is 15.2. The number of aromatic hydroxyl groups is 2. The van der Waals surface area contributed by atoms with Crippen LogP contribution in [0.1, 0.15) is 54.9 Å². The van der Waals surface area contributed by atoms with Crippen molar-refractivity contribution in [2.45, 2.75) is 80.1 Å². The van der Waals surface area contributed by atoms with Crippen LogP contribution in [-0.2, 0) is 15.1 Å². The van der Waals surface area contributed by atoms with Crippen molar-refractivity contribution in [2.75, 3.05) is 13.2 Å². The summed E-state index contributed by atoms with van der Waals surface area (Å²) in [7, 11) is 0. The van der Waals surface area contributed by atoms with Crippen molar-refractivity contribution < 1.29 is 74.7 Å². The molecule has 4 aliphatic heterocycles. The molecule has 3 aromatic rings. The fraction of sp³-hybridized carbons (Fsp3) is 0.357. The number of carbonyl (C=O) groups is 1. The van der Waals surface area contributed by atoms with Gasteiger partial charge < -0.3 is 64.5 Å². The van der Waals surface area contributed by atoms with Gasteiger partial charge in [0.25, 0.3) is 0 Å². The number of hydrogen-bond acceptors (Lipinski definition) is 15. The minimum absolute atomic E-state index is 0.0263. The minimum Gasteiger partial charge on any atom is -0.508 e. The molecule has 0 radical (unpaired) electrons. The van der Waals surface area contributed by atoms with Crippen LogP contribution in [-0.4, -0.2) is 120 Å². The van der Waals surface area contributed by atoms with Crippen LogP contribution >= 0.6 is 0 Å². The lowest BCUT2D eigenvalue weighted by Crippen LogP contribution is -2.69. The maximum absolute atomic E-state index is 12.5. The smallest absolute Gasteiger partial charge is 0.336 e. The molecule has 1 saturated carbocycles. The number of nitrogens with zero attached hydrogens (tertiary/aromatic N) is 3. The zero-order valence-electron chi connectivity index (χ0n) is 31.9. The number of phenolic OH excluding ortho intramolecular Hbond substituents is 2. The standard InChI is InChI=1S/C42H42N4O14/c43-32-11-10-26(46-32)28(49)19-56-25-8-6-21(7-9-25)29-15-27(48)33-30(57-29)16-31(36(34(33)50)60-41(12-1-2-13-41)22-4-3-5-24(47)14-22)58-40-35(51)37(52)42(55,38(59-40)39(53)54)17-23-18-44-20-45-23/h3-11,14-16,20,28-29,35,37-38,40,43,47-52,55H,1-2,12-13,17-19H2,(H,53,54)/p+1/t28-,29?,35+,37-,38+,40+,42-/m0/s1. The topological polar surface area (TPSA) is 288 Å². The monoisotopic (exact) mass is 827 g/mol. The number of rotatable bonds is 13. The highest BCUT2D eigenvalue weighted by Crippen LogP contribution is 2.55. The summed E-state index contributed by atoms with van der Waals surface area (Å²) in [4.78, 5) is 24.5. The van der Waals surface area contributed by atoms with Crippen LogP contribution in [0.4, 0.5) is 0 Å². The van der Waals surface area contributed by atoms with Gasteiger partial charge in [-0.25, -0.2) is 9.79 Å². The zero-order chi connectivity index (χ0) is 42.3. The van der Waals surface area contributed by atoms with Crippen LogP contribution in [0.3, 0.4) is 0 Å². The number of aliphatic imine (C=N–C) groups is 3. The van der Waals surface area contributed by atoms with Crippen LogP contribution in [0.15, 0.2) is 87.8 Å². The molecule has 0 amide bonds. The number of phenols is 2. The Hall–Kier alpha value is -6.31. The maximum atomic E-state index is 12.5. The molecule has 1 aliphatic carbocycles. The van der Waals surface area contributed by atoms with E-state index in [1.54, 1.807) is 48.6 Å². The highest BCUT2D eigenvalue weighted by Gasteiger charge is 2.59. The van der Waals surface area contributed by atoms with Crippen LogP contribution in [0, 0.1) is 0 Å². The number of benzene rings is 3. The fourth-order valence-corrected chi connectivity index (χ4v) is 8.03. The number of amidine groups is 1. The summed E-state index contributed by atoms with van der Waals surface area (Å²) in [5.41, 5.74) is -2.13. The molecule has 8 rings (SSSR count). The van der Waals surface area contributed by atoms with Gasteiger partial charge in [0.05, 0.1) is 6.54 Å². The number of aliphatic hydroxyl groups is 5. The van der Waals surface area contributed by atoms with Crippen molar-refractivity contribution >= 4 is 35.3 Å². The Labute approximate surface area is 341 Å². The van der Waals surface area contributed by atoms with Crippen molar-refractivity contribution in [3.63, 3.8) is 0 Å². The van der Waals surface area contributed by atoms with Gasteiger partial charge in [0.1, 0.15) is 71.0 Å². The first-order chi connectivity index (χ1) is 28.7. The predicted octanol–water partition coefficient (Wildman–Crippen LogP) is 1.40. The molecule has 18 heteroatoms. The Morgan fingerprint density at radius 3 is 2.47 bits per heavy atom. The highest BCUT2D eigenvalue weighted by molar-refractivity contribution is 6.14. The second kappa shape index (κ2) is 16.0. The SMILES string of the molecule is [NH2+]=C1C=CC([C@@H](O)COc2ccc(C3C=C(O)c4c(cc(O[C@@H]5O[C@H](C(=O)O)[C@](O)(CC6=NC=NC6)[C@@H](O)[C@H]5O)c(OC5(c6cccc(O)c6)CCCC5)c4O)O3)cc2)=N1. The van der Waals surface area contributed by atoms with Crippen LogP contribution in [0.2, 0.25) is 0 Å². The predicted molar refractivity (Wildman–Crippen MR) is 212 cm³/mol. The molecule has 1 saturated heterocycles. The molecule has 0 spiro atoms. The van der Waals surface area contributed by atoms with Crippen molar-refractivity contribution in [1.82, 2.24) is 0 Å². The highest BCUT2D eigenvalue weighted by atomic mass is 16.7. The number of carboxylic acid groups (broad SMARTS) is 1. The van der Waals surface area contributed by atoms with E-state index >= 15 is 0 Å². The van der Waals surface area contributed by atoms with Gasteiger partial charge >= 0.3 is 11.8 Å². The van der Waals surface area contributed by atoms with E-state index in [0.717, 1.165) is 0 Å². The minimum atomic E-state index is -2.55. The largest absolute Gasteiger partial charge is 0.508 e. The summed E-state index contributed by atoms with van der Waals surface area (Å²) in [6.45, 7) is -0.0578. The molecule has 5 aliphatic rings. The molecule has 314 valence electrons. The van der Waals surface area contributed by atoms with Gasteiger partial charge in [-0.1, -0.05) is 24.3 Å². The van der Waals surface area contributed by atoms with Gasteiger partial charge in [-0.3, -0.25) is 10.4 Å². The van der Waals surface area contributed by atoms with Gasteiger partial charge in [0, 0.05) is 30.4 Å². The first-order valence-electron chi connectivity index (χ1n) is 19.2. The van der Waals surface area contributed by atoms with E-state index in [1.807, 2.05) is 0 Å². The van der Waals surface area contributed by atoms with E-state index in [0.29, 0.717) is 48.3 Å². The van der Waals surface area contributed by atoms with E-state index in [1.165, 1.54) is 30.6 Å². The number of aliphatic hydroxyl groups excluding tert-OH is 4. The summed E-state index contributed by atoms with van der Waals surface area (Å²) >= 11 is 0. The number of fused-ring (bicyclic) bond motifs is 1. The fourth-order valence-electron chi connectivity index (χ4n) is 8.03. The molecule has 2 fully saturated rings. The molecular weight excluding hydrogens is 784 g/mol. The third-order valence-electron chi connectivity index (χ3n) is 11.1. The summed E-state index contributed by atoms with van der Waals surface area (Å²) in [5, 5.41) is 94.3. The summed E-state index contributed by atoms with van der Waals surface area (Å²) in [6.07, 6.45) is -2.70. The van der Waals surface area contributed by atoms with Crippen LogP contribution in [0.25, 0.3) is 5.76 Å². The Kier molecular flexibility index (Phi) is 10.8. The number of nitrogens with two attached hydrogens (primary N) is 1. The van der Waals surface area contributed by atoms with Gasteiger partial charge in [0.15, 0.2) is 29.4 Å². The molecule has 3 aromatic carbocycles. The average Bonchev–Trinajstić information content (AvgIpc) is 4.02. The number of carboxylic acids is 1. The Bertz CT molecular complexity index is 2340. The molecule has 60 heavy (non-hydrogen) atoms. The first kappa shape index (κ1) is 40.5. The van der Waals surface area contributed by atoms with E-state index in [4.69, 9.17) is 29.1 Å². The zero-order valence-corrected chi connectivity index (χ0v) is 31.9. The van der Waals surface area contributed by atoms with Crippen molar-refractivity contribution in [1.29, 1.82) is 0 Å². The molecule has 1 unspecified atom stereocenters. The molecule has 18 nitrogen and oxygen atoms in total. The van der Waals surface area contributed by atoms with E-state index in [9.17, 15) is 45.6 Å². The Morgan fingerprint density at radius 2 is 1.80 bits per heavy atom. The van der Waals surface area contributed by atoms with Crippen molar-refractivity contribution in [2.24, 2.45) is 15.0 Å². The molecular formula is C42H43N4O14+. The second-order valence-electron chi connectivity index (χ2n) is 15.2. The quantitative estimate of drug-likeness (QED) is 0.118. The number of hydrogen-bond donors (Lipinski definition) is 9. The number of ether oxygens (including phenoxy) is 5. The van der Waals surface area contributed by atoms with E-state index < -0.39 is 71.9 Å². The Morgan fingerprint density at radius 1 is 1.03 bits per heavy atom. The molecule has 0 aromatic heterocycles. The maximum Gasteiger partial charge on any atom is 0.336 e. The van der Waals surface area contributed by atoms with Crippen molar-refractivity contribution in [3.8, 4) is 34.5 Å². The van der Waals surface area contributed by atoms with Gasteiger partial charge in [0.2, 0.25) is 12.0 Å². The lowest BCUT2D eigenvalue weighted by atomic mass is 9.80. The third kappa shape index (κ3) is 7.66. The summed E-state index contributed by atoms with van der Waals surface area (Å²) < 4.78 is 30.5. The Balaban J connectivity index is 1.12. The third-order valence-corrected chi connectivity index (χ3v) is 11.1. The molecule has 4 heterocycles. The summed E-state index contributed by atoms with van der Waals surface area (Å²) in [6, 6.07) is 14.3. The first-order valence-corrected chi connectivity index (χ1v) is 19.2. The lowest BCUT2D eigenvalue weighted by molar-refractivity contribution is -0.303. The number of aliphatic carboxylic acids is 1. The molecule has 7 atom stereocenters. The van der Waals surface area contributed by atoms with Crippen molar-refractivity contribution in [3.05, 3.63) is 89.5 Å². The molecule has 0 bridgehead atoms. The van der Waals surface area contributed by atoms with Crippen LogP contribution < -0.4 is 24.4 Å². The lowest BCUT2D eigenvalue weighted by Gasteiger charge is -2.46. The normalized spacial score (nSPS) is 27.0. The van der Waals surface area contributed by atoms with Gasteiger partial charge in [-0.05, 0) is 72.1 Å². The summed E-state index contributed by atoms with van der Waals surface area (Å²) in [5.74, 6) is -2.84. The van der Waals surface area contributed by atoms with Gasteiger partial charge in [-0.2, -0.15) is 0 Å². The van der Waals surface area contributed by atoms with Crippen LogP contribution in [0.5, 0.6) is 34.5 Å². The molecule has 10 N–H and O–H groups in total. The van der Waals surface area contributed by atoms with E-state index in [2.05, 4.69) is 15.0 Å². The van der Waals surface area contributed by atoms with E-state index in [-0.39, 0.29) is 53.3 Å². The average molecular weight is 828 g/mol.